The summed E-state index contributed by atoms with van der Waals surface area (Å²) in [6.07, 6.45) is 0. The van der Waals surface area contributed by atoms with E-state index < -0.39 is 10.8 Å². The number of nitrogens with one attached hydrogen (secondary N) is 1. The average molecular weight is 233 g/mol. The molecule has 16 heavy (non-hydrogen) atoms. The Kier molecular flexibility index (Phi) is 3.03. The Morgan fingerprint density at radius 1 is 1.31 bits per heavy atom. The Hall–Kier alpha value is -1.65. The Labute approximate surface area is 96.5 Å². The normalized spacial score (nSPS) is 11.2. The summed E-state index contributed by atoms with van der Waals surface area (Å²) >= 11 is 0. The predicted octanol–water partition coefficient (Wildman–Crippen LogP) is 2.97. The molecule has 1 atom stereocenters. The zero-order chi connectivity index (χ0) is 11.5. The third kappa shape index (κ3) is 2.29. The van der Waals surface area contributed by atoms with E-state index in [2.05, 4.69) is 5.32 Å². The number of amides is 1. The molecule has 0 fully saturated rings. The highest BCUT2D eigenvalue weighted by Gasteiger charge is 2.10. The van der Waals surface area contributed by atoms with Gasteiger partial charge in [-0.2, -0.15) is 0 Å². The molecule has 0 bridgehead atoms. The number of rotatable bonds is 2. The summed E-state index contributed by atoms with van der Waals surface area (Å²) in [4.78, 5) is 11.8. The second-order valence-corrected chi connectivity index (χ2v) is 4.64. The minimum Gasteiger partial charge on any atom is -0.591 e. The first-order chi connectivity index (χ1) is 7.66. The number of anilines is 1. The standard InChI is InChI=1S/C12H11NO2S/c1-9-4-2-3-5-11(9)12(14)13-10-6-7-16(15)8-10/h2-8H,1H3,(H,13,14). The molecule has 82 valence electrons. The number of carbonyl (C=O) groups is 1. The van der Waals surface area contributed by atoms with Gasteiger partial charge in [0, 0.05) is 11.6 Å². The lowest BCUT2D eigenvalue weighted by Crippen LogP contribution is -2.12. The predicted molar refractivity (Wildman–Crippen MR) is 64.2 cm³/mol. The van der Waals surface area contributed by atoms with Crippen LogP contribution in [0.3, 0.4) is 0 Å². The maximum Gasteiger partial charge on any atom is 0.256 e. The van der Waals surface area contributed by atoms with Crippen molar-refractivity contribution in [3.05, 3.63) is 52.2 Å². The van der Waals surface area contributed by atoms with E-state index in [-0.39, 0.29) is 5.91 Å². The molecule has 2 aromatic rings. The highest BCUT2D eigenvalue weighted by atomic mass is 32.2. The maximum atomic E-state index is 11.8. The Morgan fingerprint density at radius 3 is 2.69 bits per heavy atom. The number of carbonyl (C=O) groups excluding carboxylic acids is 1. The van der Waals surface area contributed by atoms with Crippen molar-refractivity contribution in [2.24, 2.45) is 0 Å². The van der Waals surface area contributed by atoms with Crippen LogP contribution in [0, 0.1) is 6.92 Å². The van der Waals surface area contributed by atoms with Crippen LogP contribution >= 0.6 is 10.8 Å². The first kappa shape index (κ1) is 10.9. The fourth-order valence-corrected chi connectivity index (χ4v) is 2.19. The van der Waals surface area contributed by atoms with Gasteiger partial charge in [-0.1, -0.05) is 28.9 Å². The van der Waals surface area contributed by atoms with Crippen LogP contribution in [0.4, 0.5) is 5.69 Å². The molecule has 1 amide bonds. The molecule has 0 spiro atoms. The van der Waals surface area contributed by atoms with Gasteiger partial charge in [-0.3, -0.25) is 4.79 Å². The summed E-state index contributed by atoms with van der Waals surface area (Å²) in [7, 11) is -1.09. The van der Waals surface area contributed by atoms with Crippen molar-refractivity contribution in [1.82, 2.24) is 0 Å². The lowest BCUT2D eigenvalue weighted by molar-refractivity contribution is 0.102. The van der Waals surface area contributed by atoms with Gasteiger partial charge in [0.2, 0.25) is 0 Å². The molecular formula is C12H11NO2S. The topological polar surface area (TPSA) is 52.2 Å². The third-order valence-corrected chi connectivity index (χ3v) is 3.16. The van der Waals surface area contributed by atoms with Crippen LogP contribution in [0.5, 0.6) is 0 Å². The molecule has 0 saturated heterocycles. The summed E-state index contributed by atoms with van der Waals surface area (Å²) in [6.45, 7) is 1.88. The fourth-order valence-electron chi connectivity index (χ4n) is 1.44. The van der Waals surface area contributed by atoms with E-state index in [9.17, 15) is 9.35 Å². The zero-order valence-electron chi connectivity index (χ0n) is 8.77. The summed E-state index contributed by atoms with van der Waals surface area (Å²) in [5.74, 6) is -0.173. The molecular weight excluding hydrogens is 222 g/mol. The van der Waals surface area contributed by atoms with Crippen molar-refractivity contribution in [2.45, 2.75) is 6.92 Å². The molecule has 0 aliphatic heterocycles. The van der Waals surface area contributed by atoms with Crippen molar-refractivity contribution in [2.75, 3.05) is 5.32 Å². The SMILES string of the molecule is Cc1ccccc1C(=O)Nc1cc[s+]([O-])c1. The summed E-state index contributed by atoms with van der Waals surface area (Å²) in [5.41, 5.74) is 2.14. The molecule has 1 heterocycles. The fraction of sp³-hybridized carbons (Fsp3) is 0.0833. The third-order valence-electron chi connectivity index (χ3n) is 2.27. The van der Waals surface area contributed by atoms with Crippen LogP contribution < -0.4 is 5.32 Å². The van der Waals surface area contributed by atoms with Crippen molar-refractivity contribution in [3.63, 3.8) is 0 Å². The summed E-state index contributed by atoms with van der Waals surface area (Å²) in [6, 6.07) is 8.99. The Balaban J connectivity index is 2.18. The monoisotopic (exact) mass is 233 g/mol. The molecule has 1 aromatic carbocycles. The number of benzene rings is 1. The quantitative estimate of drug-likeness (QED) is 0.811. The van der Waals surface area contributed by atoms with E-state index >= 15 is 0 Å². The lowest BCUT2D eigenvalue weighted by Gasteiger charge is -2.04. The molecule has 1 N–H and O–H groups in total. The minimum absolute atomic E-state index is 0.173. The average Bonchev–Trinajstić information content (AvgIpc) is 2.64. The molecule has 3 nitrogen and oxygen atoms in total. The molecule has 0 radical (unpaired) electrons. The van der Waals surface area contributed by atoms with E-state index in [4.69, 9.17) is 0 Å². The molecule has 4 heteroatoms. The van der Waals surface area contributed by atoms with E-state index in [0.717, 1.165) is 5.56 Å². The van der Waals surface area contributed by atoms with E-state index in [0.29, 0.717) is 11.3 Å². The Morgan fingerprint density at radius 2 is 2.06 bits per heavy atom. The van der Waals surface area contributed by atoms with Gasteiger partial charge in [0.1, 0.15) is 5.38 Å². The van der Waals surface area contributed by atoms with Crippen LogP contribution in [-0.2, 0) is 0 Å². The first-order valence-corrected chi connectivity index (χ1v) is 6.11. The number of hydrogen-bond acceptors (Lipinski definition) is 2. The zero-order valence-corrected chi connectivity index (χ0v) is 9.58. The molecule has 0 saturated carbocycles. The van der Waals surface area contributed by atoms with Crippen molar-refractivity contribution >= 4 is 22.3 Å². The van der Waals surface area contributed by atoms with E-state index in [1.54, 1.807) is 12.1 Å². The minimum atomic E-state index is -1.09. The number of hydrogen-bond donors (Lipinski definition) is 1. The van der Waals surface area contributed by atoms with E-state index in [1.807, 2.05) is 25.1 Å². The maximum absolute atomic E-state index is 11.8. The van der Waals surface area contributed by atoms with E-state index in [1.165, 1.54) is 10.8 Å². The van der Waals surface area contributed by atoms with Crippen molar-refractivity contribution in [3.8, 4) is 0 Å². The second kappa shape index (κ2) is 4.47. The smallest absolute Gasteiger partial charge is 0.256 e. The van der Waals surface area contributed by atoms with Gasteiger partial charge in [0.05, 0.1) is 5.69 Å². The highest BCUT2D eigenvalue weighted by molar-refractivity contribution is 7.22. The van der Waals surface area contributed by atoms with Gasteiger partial charge in [0.25, 0.3) is 5.91 Å². The number of aryl methyl sites for hydroxylation is 1. The highest BCUT2D eigenvalue weighted by Crippen LogP contribution is 2.21. The summed E-state index contributed by atoms with van der Waals surface area (Å²) < 4.78 is 11.0. The van der Waals surface area contributed by atoms with Crippen molar-refractivity contribution < 1.29 is 9.35 Å². The van der Waals surface area contributed by atoms with Crippen molar-refractivity contribution in [1.29, 1.82) is 0 Å². The van der Waals surface area contributed by atoms with Crippen LogP contribution in [-0.4, -0.2) is 10.5 Å². The molecule has 0 aliphatic rings. The lowest BCUT2D eigenvalue weighted by atomic mass is 10.1. The van der Waals surface area contributed by atoms with Gasteiger partial charge in [-0.05, 0) is 18.6 Å². The van der Waals surface area contributed by atoms with Crippen LogP contribution in [0.1, 0.15) is 15.9 Å². The second-order valence-electron chi connectivity index (χ2n) is 3.47. The molecule has 1 unspecified atom stereocenters. The first-order valence-electron chi connectivity index (χ1n) is 4.83. The van der Waals surface area contributed by atoms with Crippen LogP contribution in [0.15, 0.2) is 41.1 Å². The van der Waals surface area contributed by atoms with Crippen LogP contribution in [0.2, 0.25) is 0 Å². The molecule has 0 aliphatic carbocycles. The molecule has 1 aromatic heterocycles. The van der Waals surface area contributed by atoms with Crippen LogP contribution in [0.25, 0.3) is 0 Å². The summed E-state index contributed by atoms with van der Waals surface area (Å²) in [5, 5.41) is 5.75. The largest absolute Gasteiger partial charge is 0.591 e. The van der Waals surface area contributed by atoms with Gasteiger partial charge in [-0.25, -0.2) is 0 Å². The Bertz CT molecular complexity index is 519. The van der Waals surface area contributed by atoms with Gasteiger partial charge in [-0.15, -0.1) is 0 Å². The van der Waals surface area contributed by atoms with Gasteiger partial charge < -0.3 is 9.87 Å². The van der Waals surface area contributed by atoms with Gasteiger partial charge >= 0.3 is 0 Å². The number of thiophene rings is 1. The van der Waals surface area contributed by atoms with Gasteiger partial charge in [0.15, 0.2) is 5.38 Å². The molecule has 2 rings (SSSR count).